The normalized spacial score (nSPS) is 16.4. The van der Waals surface area contributed by atoms with Gasteiger partial charge in [0, 0.05) is 19.5 Å². The third-order valence-electron chi connectivity index (χ3n) is 6.69. The second-order valence-corrected chi connectivity index (χ2v) is 14.0. The molecule has 0 saturated carbocycles. The van der Waals surface area contributed by atoms with Gasteiger partial charge in [-0.3, -0.25) is 0 Å². The van der Waals surface area contributed by atoms with Crippen LogP contribution in [0.4, 0.5) is 17.3 Å². The van der Waals surface area contributed by atoms with Crippen molar-refractivity contribution in [2.24, 2.45) is 11.8 Å². The first kappa shape index (κ1) is 36.8. The number of halogens is 4. The number of fused-ring (bicyclic) bond motifs is 2. The molecule has 0 heterocycles. The van der Waals surface area contributed by atoms with Crippen molar-refractivity contribution in [2.45, 2.75) is 32.3 Å². The number of allylic oxidation sites excluding steroid dienone is 4. The largest absolute Gasteiger partial charge is 0.673 e. The third kappa shape index (κ3) is 14.8. The molecule has 0 aliphatic heterocycles. The van der Waals surface area contributed by atoms with Crippen molar-refractivity contribution in [1.29, 1.82) is 0 Å². The first-order valence-corrected chi connectivity index (χ1v) is 16.6. The average molecular weight is 710 g/mol. The molecule has 1 unspecified atom stereocenters. The van der Waals surface area contributed by atoms with E-state index < -0.39 is 7.25 Å². The average Bonchev–Trinajstić information content (AvgIpc) is 3.66. The van der Waals surface area contributed by atoms with Gasteiger partial charge in [-0.1, -0.05) is 168 Å². The van der Waals surface area contributed by atoms with E-state index in [-0.39, 0.29) is 27.4 Å². The fraction of sp³-hybridized carbons (Fsp3) is 0.200. The number of hydrogen-bond acceptors (Lipinski definition) is 0. The Kier molecular flexibility index (Phi) is 17.0. The fourth-order valence-electron chi connectivity index (χ4n) is 4.56. The second-order valence-electron chi connectivity index (χ2n) is 9.98. The molecule has 0 saturated heterocycles. The van der Waals surface area contributed by atoms with Crippen LogP contribution < -0.4 is 21.2 Å². The number of benzene rings is 4. The minimum Gasteiger partial charge on any atom is -0.418 e. The number of rotatable bonds is 6. The quantitative estimate of drug-likeness (QED) is 0.0811. The topological polar surface area (TPSA) is 0 Å². The van der Waals surface area contributed by atoms with E-state index in [1.54, 1.807) is 0 Å². The summed E-state index contributed by atoms with van der Waals surface area (Å²) in [5.41, 5.74) is 0.731. The first-order chi connectivity index (χ1) is 20.2. The molecule has 6 rings (SSSR count). The fourth-order valence-corrected chi connectivity index (χ4v) is 8.27. The molecule has 1 radical (unpaired) electrons. The summed E-state index contributed by atoms with van der Waals surface area (Å²) in [5.74, 6) is 1.62. The van der Waals surface area contributed by atoms with E-state index in [1.807, 2.05) is 0 Å². The molecule has 2 aliphatic rings. The third-order valence-corrected chi connectivity index (χ3v) is 10.9. The molecular weight excluding hydrogens is 672 g/mol. The van der Waals surface area contributed by atoms with Crippen LogP contribution in [0.25, 0.3) is 0 Å². The molecule has 2 aliphatic carbocycles. The minimum absolute atomic E-state index is 0. The van der Waals surface area contributed by atoms with Crippen molar-refractivity contribution in [1.82, 2.24) is 0 Å². The van der Waals surface area contributed by atoms with Gasteiger partial charge in [-0.2, -0.15) is 0 Å². The van der Waals surface area contributed by atoms with Crippen LogP contribution in [0.3, 0.4) is 0 Å². The van der Waals surface area contributed by atoms with Gasteiger partial charge >= 0.3 is 7.25 Å². The van der Waals surface area contributed by atoms with Crippen molar-refractivity contribution in [3.05, 3.63) is 146 Å². The summed E-state index contributed by atoms with van der Waals surface area (Å²) < 4.78 is 39.0. The van der Waals surface area contributed by atoms with Gasteiger partial charge in [0.1, 0.15) is 0 Å². The Bertz CT molecular complexity index is 1230. The van der Waals surface area contributed by atoms with Crippen molar-refractivity contribution in [3.8, 4) is 0 Å². The van der Waals surface area contributed by atoms with E-state index in [4.69, 9.17) is 0 Å². The Morgan fingerprint density at radius 3 is 1.19 bits per heavy atom. The van der Waals surface area contributed by atoms with E-state index in [0.29, 0.717) is 0 Å². The van der Waals surface area contributed by atoms with Crippen LogP contribution in [0, 0.1) is 11.8 Å². The van der Waals surface area contributed by atoms with E-state index >= 15 is 0 Å². The summed E-state index contributed by atoms with van der Waals surface area (Å²) in [4.78, 5) is 0. The van der Waals surface area contributed by atoms with E-state index in [1.165, 1.54) is 34.1 Å². The summed E-state index contributed by atoms with van der Waals surface area (Å²) in [6.07, 6.45) is 11.8. The minimum atomic E-state index is -6.00. The molecule has 0 spiro atoms. The molecule has 4 aromatic carbocycles. The maximum Gasteiger partial charge on any atom is 0.673 e. The summed E-state index contributed by atoms with van der Waals surface area (Å²) in [7, 11) is -5.44. The molecule has 0 nitrogen and oxygen atoms in total. The Hall–Kier alpha value is -2.37. The van der Waals surface area contributed by atoms with Crippen LogP contribution in [-0.2, 0) is 19.5 Å². The molecule has 8 heteroatoms. The van der Waals surface area contributed by atoms with Gasteiger partial charge < -0.3 is 17.3 Å². The molecule has 2 bridgehead atoms. The van der Waals surface area contributed by atoms with Crippen LogP contribution >= 0.6 is 16.5 Å². The maximum absolute atomic E-state index is 9.75. The predicted octanol–water partition coefficient (Wildman–Crippen LogP) is 9.28. The Morgan fingerprint density at radius 1 is 0.628 bits per heavy atom. The van der Waals surface area contributed by atoms with Crippen LogP contribution in [0.5, 0.6) is 0 Å². The van der Waals surface area contributed by atoms with Gasteiger partial charge in [-0.15, -0.1) is 0 Å². The van der Waals surface area contributed by atoms with Gasteiger partial charge in [0.2, 0.25) is 0 Å². The summed E-state index contributed by atoms with van der Waals surface area (Å²) in [6, 6.07) is 43.0. The van der Waals surface area contributed by atoms with Crippen molar-refractivity contribution in [3.63, 3.8) is 0 Å². The monoisotopic (exact) mass is 710 g/mol. The van der Waals surface area contributed by atoms with E-state index in [2.05, 4.69) is 159 Å². The van der Waals surface area contributed by atoms with Crippen LogP contribution in [0.1, 0.15) is 26.7 Å². The maximum atomic E-state index is 9.75. The van der Waals surface area contributed by atoms with Gasteiger partial charge in [0.15, 0.2) is 0 Å². The van der Waals surface area contributed by atoms with E-state index in [0.717, 1.165) is 26.1 Å². The van der Waals surface area contributed by atoms with Crippen LogP contribution in [-0.4, -0.2) is 12.9 Å². The molecule has 0 aromatic heterocycles. The van der Waals surface area contributed by atoms with Gasteiger partial charge in [-0.25, -0.2) is 0 Å². The smallest absolute Gasteiger partial charge is 0.418 e. The summed E-state index contributed by atoms with van der Waals surface area (Å²) in [6.45, 7) is 4.65. The molecule has 0 N–H and O–H groups in total. The molecule has 0 fully saturated rings. The molecule has 4 aromatic rings. The zero-order valence-corrected chi connectivity index (χ0v) is 27.9. The molecule has 229 valence electrons. The zero-order chi connectivity index (χ0) is 30.2. The second kappa shape index (κ2) is 19.8. The molecular formula is C35H38BF4P2Rh-. The Labute approximate surface area is 270 Å². The number of hydrogen-bond donors (Lipinski definition) is 0. The Morgan fingerprint density at radius 2 is 0.930 bits per heavy atom. The Balaban J connectivity index is 0.000000218. The van der Waals surface area contributed by atoms with Crippen LogP contribution in [0.2, 0.25) is 0 Å². The molecule has 1 atom stereocenters. The van der Waals surface area contributed by atoms with Gasteiger partial charge in [0.25, 0.3) is 0 Å². The van der Waals surface area contributed by atoms with Crippen molar-refractivity contribution < 1.29 is 36.7 Å². The predicted molar refractivity (Wildman–Crippen MR) is 179 cm³/mol. The molecule has 43 heavy (non-hydrogen) atoms. The van der Waals surface area contributed by atoms with Crippen molar-refractivity contribution in [2.75, 3.05) is 0 Å². The van der Waals surface area contributed by atoms with Crippen LogP contribution in [0.15, 0.2) is 146 Å². The van der Waals surface area contributed by atoms with Crippen molar-refractivity contribution >= 4 is 45.0 Å². The standard InChI is InChI=1S/C16H19P.C12H11P.C7H8.BF4.Rh/c1-3-14(2)17(15-10-6-4-7-11-15)16-12-8-5-9-13-16;1-3-7-11(8-4-1)13-12-9-5-2-6-10-12;1-2-7-4-3-6(1)5-7;2-1(3,4)5;/h4-14H,3H2,1-2H3;1-10,13H;1-4,6-7H,5H2;;/q;;;-1;. The first-order valence-electron chi connectivity index (χ1n) is 14.2. The zero-order valence-electron chi connectivity index (χ0n) is 24.4. The molecule has 0 amide bonds. The van der Waals surface area contributed by atoms with Gasteiger partial charge in [-0.05, 0) is 59.5 Å². The summed E-state index contributed by atoms with van der Waals surface area (Å²) >= 11 is 0. The summed E-state index contributed by atoms with van der Waals surface area (Å²) in [5, 5.41) is 5.77. The van der Waals surface area contributed by atoms with E-state index in [9.17, 15) is 17.3 Å². The van der Waals surface area contributed by atoms with Gasteiger partial charge in [0.05, 0.1) is 0 Å². The SMILES string of the molecule is C1=CC2C=CC1C2.CCC(C)P(c1ccccc1)c1ccccc1.F[B-](F)(F)F.[Rh].c1ccc(Pc2ccccc2)cc1.